The van der Waals surface area contributed by atoms with Crippen molar-refractivity contribution in [2.45, 2.75) is 25.8 Å². The van der Waals surface area contributed by atoms with E-state index in [1.54, 1.807) is 0 Å². The molecule has 6 heteroatoms. The second-order valence-corrected chi connectivity index (χ2v) is 3.38. The van der Waals surface area contributed by atoms with Crippen LogP contribution in [0.25, 0.3) is 0 Å². The number of aromatic nitrogens is 2. The quantitative estimate of drug-likeness (QED) is 0.543. The maximum Gasteiger partial charge on any atom is 0.276 e. The van der Waals surface area contributed by atoms with E-state index in [-0.39, 0.29) is 17.3 Å². The van der Waals surface area contributed by atoms with Gasteiger partial charge in [-0.15, -0.1) is 0 Å². The molecule has 0 aliphatic rings. The van der Waals surface area contributed by atoms with Crippen LogP contribution in [0.5, 0.6) is 0 Å². The van der Waals surface area contributed by atoms with Gasteiger partial charge in [-0.05, 0) is 12.8 Å². The summed E-state index contributed by atoms with van der Waals surface area (Å²) < 4.78 is 0. The average Bonchev–Trinajstić information content (AvgIpc) is 2.24. The van der Waals surface area contributed by atoms with E-state index in [0.29, 0.717) is 12.4 Å². The molecule has 0 aromatic carbocycles. The molecule has 0 aliphatic heterocycles. The summed E-state index contributed by atoms with van der Waals surface area (Å²) in [6.07, 6.45) is 3.07. The van der Waals surface area contributed by atoms with Gasteiger partial charge in [0.15, 0.2) is 5.82 Å². The van der Waals surface area contributed by atoms with E-state index in [9.17, 15) is 4.79 Å². The Balaban J connectivity index is 2.51. The van der Waals surface area contributed by atoms with E-state index in [4.69, 9.17) is 11.5 Å². The average molecular weight is 211 g/mol. The molecule has 0 spiro atoms. The van der Waals surface area contributed by atoms with E-state index >= 15 is 0 Å². The van der Waals surface area contributed by atoms with Gasteiger partial charge in [-0.3, -0.25) is 4.79 Å². The van der Waals surface area contributed by atoms with Crippen molar-refractivity contribution in [3.8, 4) is 0 Å². The topological polar surface area (TPSA) is 110 Å². The summed E-state index contributed by atoms with van der Waals surface area (Å²) in [6, 6.07) is 0.167. The van der Waals surface area contributed by atoms with Crippen molar-refractivity contribution in [3.05, 3.63) is 16.7 Å². The molecule has 0 fully saturated rings. The number of nitrogens with two attached hydrogens (primary N) is 2. The minimum atomic E-state index is -0.327. The molecular formula is C9H17N5O. The number of hydrogen-bond donors (Lipinski definition) is 4. The van der Waals surface area contributed by atoms with Crippen LogP contribution in [0.3, 0.4) is 0 Å². The number of hydrogen-bond acceptors (Lipinski definition) is 5. The third kappa shape index (κ3) is 3.25. The fraction of sp³-hybridized carbons (Fsp3) is 0.556. The normalized spacial score (nSPS) is 12.4. The SMILES string of the molecule is CCC(N)CCNc1nc[nH]c(=O)c1N. The number of nitrogens with one attached hydrogen (secondary N) is 2. The van der Waals surface area contributed by atoms with Gasteiger partial charge in [-0.2, -0.15) is 0 Å². The number of H-pyrrole nitrogens is 1. The molecule has 6 N–H and O–H groups in total. The van der Waals surface area contributed by atoms with Gasteiger partial charge in [0.1, 0.15) is 5.69 Å². The Labute approximate surface area is 88.1 Å². The second-order valence-electron chi connectivity index (χ2n) is 3.38. The number of rotatable bonds is 5. The molecule has 6 nitrogen and oxygen atoms in total. The highest BCUT2D eigenvalue weighted by Crippen LogP contribution is 2.07. The van der Waals surface area contributed by atoms with E-state index in [2.05, 4.69) is 15.3 Å². The lowest BCUT2D eigenvalue weighted by atomic mass is 10.2. The molecule has 0 aliphatic carbocycles. The van der Waals surface area contributed by atoms with Gasteiger partial charge in [0, 0.05) is 12.6 Å². The van der Waals surface area contributed by atoms with Crippen LogP contribution in [0.1, 0.15) is 19.8 Å². The minimum absolute atomic E-state index is 0.113. The van der Waals surface area contributed by atoms with Crippen molar-refractivity contribution in [3.63, 3.8) is 0 Å². The van der Waals surface area contributed by atoms with Crippen LogP contribution >= 0.6 is 0 Å². The molecule has 1 rings (SSSR count). The Hall–Kier alpha value is -1.56. The summed E-state index contributed by atoms with van der Waals surface area (Å²) in [5.41, 5.74) is 11.1. The highest BCUT2D eigenvalue weighted by molar-refractivity contribution is 5.58. The predicted octanol–water partition coefficient (Wildman–Crippen LogP) is -0.109. The van der Waals surface area contributed by atoms with Crippen LogP contribution in [0, 0.1) is 0 Å². The summed E-state index contributed by atoms with van der Waals surface area (Å²) >= 11 is 0. The summed E-state index contributed by atoms with van der Waals surface area (Å²) in [5, 5.41) is 2.98. The number of nitrogens with zero attached hydrogens (tertiary/aromatic N) is 1. The van der Waals surface area contributed by atoms with Crippen molar-refractivity contribution < 1.29 is 0 Å². The molecule has 1 aromatic heterocycles. The zero-order chi connectivity index (χ0) is 11.3. The molecule has 15 heavy (non-hydrogen) atoms. The van der Waals surface area contributed by atoms with Crippen molar-refractivity contribution in [2.24, 2.45) is 5.73 Å². The summed E-state index contributed by atoms with van der Waals surface area (Å²) in [5.74, 6) is 0.419. The molecule has 0 saturated carbocycles. The van der Waals surface area contributed by atoms with Crippen molar-refractivity contribution in [2.75, 3.05) is 17.6 Å². The van der Waals surface area contributed by atoms with Gasteiger partial charge >= 0.3 is 0 Å². The van der Waals surface area contributed by atoms with Crippen LogP contribution in [-0.4, -0.2) is 22.6 Å². The second kappa shape index (κ2) is 5.35. The molecule has 1 aromatic rings. The van der Waals surface area contributed by atoms with Crippen LogP contribution < -0.4 is 22.3 Å². The third-order valence-corrected chi connectivity index (χ3v) is 2.22. The molecule has 0 radical (unpaired) electrons. The zero-order valence-corrected chi connectivity index (χ0v) is 8.79. The van der Waals surface area contributed by atoms with Crippen molar-refractivity contribution in [1.82, 2.24) is 9.97 Å². The Morgan fingerprint density at radius 1 is 1.67 bits per heavy atom. The lowest BCUT2D eigenvalue weighted by Crippen LogP contribution is -2.23. The smallest absolute Gasteiger partial charge is 0.276 e. The van der Waals surface area contributed by atoms with E-state index in [1.807, 2.05) is 6.92 Å². The van der Waals surface area contributed by atoms with E-state index in [1.165, 1.54) is 6.33 Å². The first-order valence-corrected chi connectivity index (χ1v) is 4.97. The maximum atomic E-state index is 11.1. The molecule has 0 bridgehead atoms. The monoisotopic (exact) mass is 211 g/mol. The molecule has 1 heterocycles. The van der Waals surface area contributed by atoms with Crippen molar-refractivity contribution in [1.29, 1.82) is 0 Å². The molecule has 0 amide bonds. The third-order valence-electron chi connectivity index (χ3n) is 2.22. The lowest BCUT2D eigenvalue weighted by molar-refractivity contribution is 0.613. The van der Waals surface area contributed by atoms with E-state index < -0.39 is 0 Å². The van der Waals surface area contributed by atoms with Crippen LogP contribution in [0.15, 0.2) is 11.1 Å². The largest absolute Gasteiger partial charge is 0.391 e. The Bertz CT molecular complexity index is 362. The van der Waals surface area contributed by atoms with E-state index in [0.717, 1.165) is 12.8 Å². The standard InChI is InChI=1S/C9H17N5O/c1-2-6(10)3-4-12-8-7(11)9(15)14-5-13-8/h5-6H,2-4,10-11H2,1H3,(H2,12,13,14,15). The first-order chi connectivity index (χ1) is 7.15. The summed E-state index contributed by atoms with van der Waals surface area (Å²) in [4.78, 5) is 17.4. The molecule has 1 unspecified atom stereocenters. The maximum absolute atomic E-state index is 11.1. The number of aromatic amines is 1. The van der Waals surface area contributed by atoms with Gasteiger partial charge in [0.2, 0.25) is 0 Å². The molecule has 1 atom stereocenters. The number of nitrogen functional groups attached to an aromatic ring is 1. The predicted molar refractivity (Wildman–Crippen MR) is 60.6 cm³/mol. The van der Waals surface area contributed by atoms with Gasteiger partial charge in [-0.1, -0.05) is 6.92 Å². The van der Waals surface area contributed by atoms with Crippen LogP contribution in [0.2, 0.25) is 0 Å². The molecular weight excluding hydrogens is 194 g/mol. The summed E-state index contributed by atoms with van der Waals surface area (Å²) in [6.45, 7) is 2.69. The van der Waals surface area contributed by atoms with Gasteiger partial charge in [0.25, 0.3) is 5.56 Å². The van der Waals surface area contributed by atoms with Gasteiger partial charge in [-0.25, -0.2) is 4.98 Å². The van der Waals surface area contributed by atoms with Crippen LogP contribution in [0.4, 0.5) is 11.5 Å². The lowest BCUT2D eigenvalue weighted by Gasteiger charge is -2.10. The highest BCUT2D eigenvalue weighted by atomic mass is 16.1. The fourth-order valence-corrected chi connectivity index (χ4v) is 1.13. The van der Waals surface area contributed by atoms with Crippen molar-refractivity contribution >= 4 is 11.5 Å². The molecule has 84 valence electrons. The first kappa shape index (κ1) is 11.5. The fourth-order valence-electron chi connectivity index (χ4n) is 1.13. The van der Waals surface area contributed by atoms with Crippen LogP contribution in [-0.2, 0) is 0 Å². The molecule has 0 saturated heterocycles. The first-order valence-electron chi connectivity index (χ1n) is 4.97. The minimum Gasteiger partial charge on any atom is -0.391 e. The summed E-state index contributed by atoms with van der Waals surface area (Å²) in [7, 11) is 0. The Morgan fingerprint density at radius 3 is 3.07 bits per heavy atom. The zero-order valence-electron chi connectivity index (χ0n) is 8.79. The highest BCUT2D eigenvalue weighted by Gasteiger charge is 2.04. The number of anilines is 2. The Morgan fingerprint density at radius 2 is 2.40 bits per heavy atom. The van der Waals surface area contributed by atoms with Gasteiger partial charge in [0.05, 0.1) is 6.33 Å². The Kier molecular flexibility index (Phi) is 4.11. The van der Waals surface area contributed by atoms with Gasteiger partial charge < -0.3 is 21.8 Å².